The summed E-state index contributed by atoms with van der Waals surface area (Å²) in [5, 5.41) is 15.3. The molecule has 0 saturated carbocycles. The summed E-state index contributed by atoms with van der Waals surface area (Å²) < 4.78 is 0. The minimum absolute atomic E-state index is 0.0834. The Bertz CT molecular complexity index is 1050. The van der Waals surface area contributed by atoms with E-state index in [0.29, 0.717) is 5.56 Å². The van der Waals surface area contributed by atoms with Gasteiger partial charge in [0, 0.05) is 12.1 Å². The Balaban J connectivity index is 2.11. The lowest BCUT2D eigenvalue weighted by molar-refractivity contribution is -0.384. The van der Waals surface area contributed by atoms with Crippen LogP contribution in [0.2, 0.25) is 0 Å². The molecule has 0 unspecified atom stereocenters. The molecule has 0 heterocycles. The summed E-state index contributed by atoms with van der Waals surface area (Å²) in [5.74, 6) is 0. The fourth-order valence-corrected chi connectivity index (χ4v) is 2.95. The van der Waals surface area contributed by atoms with Crippen LogP contribution in [0.4, 0.5) is 5.69 Å². The Hall–Kier alpha value is -3.20. The molecule has 0 aliphatic carbocycles. The third-order valence-corrected chi connectivity index (χ3v) is 4.02. The first-order chi connectivity index (χ1) is 11.2. The lowest BCUT2D eigenvalue weighted by Gasteiger charge is -2.09. The number of rotatable bonds is 2. The maximum Gasteiger partial charge on any atom is 0.278 e. The molecule has 0 aliphatic heterocycles. The molecule has 4 rings (SSSR count). The van der Waals surface area contributed by atoms with Crippen molar-refractivity contribution in [2.45, 2.75) is 0 Å². The molecular weight excluding hydrogens is 286 g/mol. The molecule has 0 fully saturated rings. The van der Waals surface area contributed by atoms with Crippen molar-refractivity contribution in [1.82, 2.24) is 0 Å². The molecule has 0 N–H and O–H groups in total. The van der Waals surface area contributed by atoms with Gasteiger partial charge in [0.2, 0.25) is 0 Å². The van der Waals surface area contributed by atoms with Gasteiger partial charge >= 0.3 is 0 Å². The summed E-state index contributed by atoms with van der Waals surface area (Å²) in [4.78, 5) is 11.2. The summed E-state index contributed by atoms with van der Waals surface area (Å²) in [6.07, 6.45) is 0. The Morgan fingerprint density at radius 1 is 0.826 bits per heavy atom. The van der Waals surface area contributed by atoms with Gasteiger partial charge in [0.05, 0.1) is 10.5 Å². The van der Waals surface area contributed by atoms with E-state index < -0.39 is 0 Å². The smallest absolute Gasteiger partial charge is 0.258 e. The largest absolute Gasteiger partial charge is 0.278 e. The second kappa shape index (κ2) is 5.21. The van der Waals surface area contributed by atoms with Gasteiger partial charge < -0.3 is 0 Å². The van der Waals surface area contributed by atoms with Gasteiger partial charge in [-0.3, -0.25) is 10.1 Å². The van der Waals surface area contributed by atoms with Gasteiger partial charge in [0.1, 0.15) is 0 Å². The first-order valence-electron chi connectivity index (χ1n) is 7.31. The Kier molecular flexibility index (Phi) is 3.05. The van der Waals surface area contributed by atoms with Crippen LogP contribution in [0, 0.1) is 16.2 Å². The molecule has 3 nitrogen and oxygen atoms in total. The van der Waals surface area contributed by atoms with Crippen LogP contribution < -0.4 is 0 Å². The minimum Gasteiger partial charge on any atom is -0.258 e. The number of nitro groups is 1. The molecule has 23 heavy (non-hydrogen) atoms. The Morgan fingerprint density at radius 3 is 2.35 bits per heavy atom. The van der Waals surface area contributed by atoms with Crippen LogP contribution in [0.3, 0.4) is 0 Å². The topological polar surface area (TPSA) is 43.1 Å². The van der Waals surface area contributed by atoms with Gasteiger partial charge in [-0.25, -0.2) is 0 Å². The number of fused-ring (bicyclic) bond motifs is 2. The van der Waals surface area contributed by atoms with Crippen LogP contribution in [0.1, 0.15) is 0 Å². The van der Waals surface area contributed by atoms with Crippen LogP contribution >= 0.6 is 0 Å². The van der Waals surface area contributed by atoms with E-state index in [2.05, 4.69) is 6.07 Å². The van der Waals surface area contributed by atoms with E-state index in [-0.39, 0.29) is 10.6 Å². The summed E-state index contributed by atoms with van der Waals surface area (Å²) in [7, 11) is 0. The molecule has 0 atom stereocenters. The minimum atomic E-state index is -0.333. The van der Waals surface area contributed by atoms with E-state index in [9.17, 15) is 10.1 Å². The van der Waals surface area contributed by atoms with E-state index in [1.54, 1.807) is 6.07 Å². The van der Waals surface area contributed by atoms with Gasteiger partial charge in [-0.2, -0.15) is 0 Å². The fraction of sp³-hybridized carbons (Fsp3) is 0. The summed E-state index contributed by atoms with van der Waals surface area (Å²) in [6.45, 7) is 0. The highest BCUT2D eigenvalue weighted by Gasteiger charge is 2.18. The predicted molar refractivity (Wildman–Crippen MR) is 92.4 cm³/mol. The van der Waals surface area contributed by atoms with Crippen molar-refractivity contribution in [3.63, 3.8) is 0 Å². The van der Waals surface area contributed by atoms with Crippen LogP contribution in [0.15, 0.2) is 72.8 Å². The number of hydrogen-bond acceptors (Lipinski definition) is 2. The van der Waals surface area contributed by atoms with Gasteiger partial charge in [-0.15, -0.1) is 0 Å². The standard InChI is InChI=1S/C20H12NO2/c22-21(23)20-13-16-8-2-1-7-15(16)12-19(20)18-11-5-9-14-6-3-4-10-17(14)18/h1-11,13H. The third-order valence-electron chi connectivity index (χ3n) is 4.02. The zero-order chi connectivity index (χ0) is 15.8. The van der Waals surface area contributed by atoms with Gasteiger partial charge in [-0.05, 0) is 27.1 Å². The molecular formula is C20H12NO2. The van der Waals surface area contributed by atoms with Crippen molar-refractivity contribution in [2.75, 3.05) is 0 Å². The molecule has 0 saturated heterocycles. The van der Waals surface area contributed by atoms with Crippen LogP contribution in [0.25, 0.3) is 32.7 Å². The Morgan fingerprint density at radius 2 is 1.52 bits per heavy atom. The number of nitrogens with zero attached hydrogens (tertiary/aromatic N) is 1. The van der Waals surface area contributed by atoms with Crippen molar-refractivity contribution >= 4 is 27.2 Å². The maximum atomic E-state index is 11.6. The van der Waals surface area contributed by atoms with Gasteiger partial charge in [-0.1, -0.05) is 66.7 Å². The number of nitro benzene ring substituents is 1. The average molecular weight is 298 g/mol. The molecule has 109 valence electrons. The zero-order valence-electron chi connectivity index (χ0n) is 12.2. The van der Waals surface area contributed by atoms with Crippen molar-refractivity contribution < 1.29 is 4.92 Å². The van der Waals surface area contributed by atoms with E-state index in [1.807, 2.05) is 66.7 Å². The van der Waals surface area contributed by atoms with Crippen molar-refractivity contribution in [3.05, 3.63) is 89.0 Å². The fourth-order valence-electron chi connectivity index (χ4n) is 2.95. The van der Waals surface area contributed by atoms with Crippen molar-refractivity contribution in [2.24, 2.45) is 0 Å². The number of hydrogen-bond donors (Lipinski definition) is 0. The van der Waals surface area contributed by atoms with Crippen molar-refractivity contribution in [1.29, 1.82) is 0 Å². The zero-order valence-corrected chi connectivity index (χ0v) is 12.2. The second-order valence-electron chi connectivity index (χ2n) is 5.40. The second-order valence-corrected chi connectivity index (χ2v) is 5.40. The average Bonchev–Trinajstić information content (AvgIpc) is 2.60. The molecule has 4 aromatic carbocycles. The molecule has 0 amide bonds. The lowest BCUT2D eigenvalue weighted by atomic mass is 9.95. The SMILES string of the molecule is O=[N+]([O-])c1cc2ccccc2[c]c1-c1cccc2ccccc12. The van der Waals surface area contributed by atoms with E-state index in [4.69, 9.17) is 0 Å². The highest BCUT2D eigenvalue weighted by Crippen LogP contribution is 2.37. The van der Waals surface area contributed by atoms with E-state index in [0.717, 1.165) is 27.1 Å². The summed E-state index contributed by atoms with van der Waals surface area (Å²) in [6, 6.07) is 26.2. The Labute approximate surface area is 133 Å². The van der Waals surface area contributed by atoms with E-state index in [1.165, 1.54) is 0 Å². The molecule has 3 heteroatoms. The van der Waals surface area contributed by atoms with Gasteiger partial charge in [0.15, 0.2) is 0 Å². The molecule has 0 aromatic heterocycles. The van der Waals surface area contributed by atoms with Crippen molar-refractivity contribution in [3.8, 4) is 11.1 Å². The normalized spacial score (nSPS) is 11.0. The molecule has 0 spiro atoms. The molecule has 4 aromatic rings. The molecule has 1 radical (unpaired) electrons. The lowest BCUT2D eigenvalue weighted by Crippen LogP contribution is -1.93. The monoisotopic (exact) mass is 298 g/mol. The van der Waals surface area contributed by atoms with Crippen LogP contribution in [-0.4, -0.2) is 4.92 Å². The summed E-state index contributed by atoms with van der Waals surface area (Å²) in [5.41, 5.74) is 1.45. The summed E-state index contributed by atoms with van der Waals surface area (Å²) >= 11 is 0. The van der Waals surface area contributed by atoms with Gasteiger partial charge in [0.25, 0.3) is 5.69 Å². The molecule has 0 aliphatic rings. The quantitative estimate of drug-likeness (QED) is 0.369. The highest BCUT2D eigenvalue weighted by atomic mass is 16.6. The molecule has 0 bridgehead atoms. The number of benzene rings is 4. The highest BCUT2D eigenvalue weighted by molar-refractivity contribution is 6.01. The first-order valence-corrected chi connectivity index (χ1v) is 7.31. The maximum absolute atomic E-state index is 11.6. The van der Waals surface area contributed by atoms with Crippen LogP contribution in [0.5, 0.6) is 0 Å². The van der Waals surface area contributed by atoms with E-state index >= 15 is 0 Å². The van der Waals surface area contributed by atoms with Crippen LogP contribution in [-0.2, 0) is 0 Å². The first kappa shape index (κ1) is 13.5. The predicted octanol–water partition coefficient (Wildman–Crippen LogP) is 5.37. The third kappa shape index (κ3) is 2.23.